The number of hydrogen-bond donors (Lipinski definition) is 1. The quantitative estimate of drug-likeness (QED) is 0.167. The number of pyridine rings is 4. The molecular weight excluding hydrogens is 732 g/mol. The van der Waals surface area contributed by atoms with Gasteiger partial charge in [-0.1, -0.05) is 44.0 Å². The monoisotopic (exact) mass is 773 g/mol. The highest BCUT2D eigenvalue weighted by Gasteiger charge is 2.23. The second-order valence-corrected chi connectivity index (χ2v) is 13.8. The summed E-state index contributed by atoms with van der Waals surface area (Å²) in [5.74, 6) is -0.763. The van der Waals surface area contributed by atoms with Crippen molar-refractivity contribution in [3.8, 4) is 22.8 Å². The normalized spacial score (nSPS) is 13.0. The van der Waals surface area contributed by atoms with E-state index in [0.29, 0.717) is 79.5 Å². The zero-order valence-electron chi connectivity index (χ0n) is 31.6. The number of ether oxygens (including phenoxy) is 1. The van der Waals surface area contributed by atoms with Crippen LogP contribution in [0.1, 0.15) is 59.0 Å². The first-order valence-corrected chi connectivity index (χ1v) is 18.8. The van der Waals surface area contributed by atoms with Crippen molar-refractivity contribution in [3.05, 3.63) is 148 Å². The molecule has 1 N–H and O–H groups in total. The second-order valence-electron chi connectivity index (χ2n) is 13.3. The molecule has 0 amide bonds. The molecule has 1 atom stereocenters. The lowest BCUT2D eigenvalue weighted by molar-refractivity contribution is 0.112. The molecule has 0 radical (unpaired) electrons. The molecule has 0 aliphatic carbocycles. The van der Waals surface area contributed by atoms with Crippen LogP contribution >= 0.6 is 11.6 Å². The average molecular weight is 774 g/mol. The number of aliphatic hydroxyl groups excluding tert-OH is 1. The van der Waals surface area contributed by atoms with E-state index in [0.717, 1.165) is 36.2 Å². The van der Waals surface area contributed by atoms with E-state index < -0.39 is 6.10 Å². The highest BCUT2D eigenvalue weighted by Crippen LogP contribution is 2.38. The second kappa shape index (κ2) is 18.3. The van der Waals surface area contributed by atoms with Crippen LogP contribution in [-0.4, -0.2) is 57.6 Å². The zero-order valence-corrected chi connectivity index (χ0v) is 32.4. The summed E-state index contributed by atoms with van der Waals surface area (Å²) in [6.45, 7) is 10.8. The fraction of sp³-hybridized carbons (Fsp3) is 0.222. The molecule has 1 fully saturated rings. The standard InChI is InChI=1S/C26H23ClFN3O2.C16H11FN2O.C3H8/c1-16-24(26(32)17-12-18(27)14-20(13-17)31-8-10-33-11-9-31)21-6-5-19(28)15-23(21)30-25(16)22-4-2-3-7-29-22;1-10-13(9-20)12-6-5-11(17)8-15(12)19-16(10)14-4-2-3-7-18-14;1-3-2/h2-7,12-15,26,32H,8-11H2,1H3;2-9H,1H3;3H2,1-2H3. The molecule has 5 heterocycles. The van der Waals surface area contributed by atoms with E-state index in [4.69, 9.17) is 16.3 Å². The van der Waals surface area contributed by atoms with Crippen molar-refractivity contribution in [1.29, 1.82) is 0 Å². The number of fused-ring (bicyclic) bond motifs is 2. The number of halogens is 3. The predicted molar refractivity (Wildman–Crippen MR) is 219 cm³/mol. The van der Waals surface area contributed by atoms with Crippen molar-refractivity contribution in [2.45, 2.75) is 40.2 Å². The highest BCUT2D eigenvalue weighted by molar-refractivity contribution is 6.31. The van der Waals surface area contributed by atoms with E-state index in [1.54, 1.807) is 36.7 Å². The third-order valence-corrected chi connectivity index (χ3v) is 9.50. The number of rotatable bonds is 6. The first-order chi connectivity index (χ1) is 27.1. The van der Waals surface area contributed by atoms with Gasteiger partial charge in [0.2, 0.25) is 0 Å². The molecule has 11 heteroatoms. The summed E-state index contributed by atoms with van der Waals surface area (Å²) in [5.41, 5.74) is 7.78. The summed E-state index contributed by atoms with van der Waals surface area (Å²) in [4.78, 5) is 31.4. The Kier molecular flexibility index (Phi) is 13.1. The SMILES string of the molecule is CCC.Cc1c(-c2ccccn2)nc2cc(F)ccc2c1C(O)c1cc(Cl)cc(N2CCOCC2)c1.Cc1c(-c2ccccn2)nc2cc(F)ccc2c1C=O. The number of carbonyl (C=O) groups excluding carboxylic acids is 1. The lowest BCUT2D eigenvalue weighted by Crippen LogP contribution is -2.36. The third kappa shape index (κ3) is 8.89. The Morgan fingerprint density at radius 2 is 1.34 bits per heavy atom. The van der Waals surface area contributed by atoms with Crippen molar-refractivity contribution < 1.29 is 23.4 Å². The molecule has 0 saturated carbocycles. The topological polar surface area (TPSA) is 101 Å². The Morgan fingerprint density at radius 1 is 0.786 bits per heavy atom. The van der Waals surface area contributed by atoms with E-state index in [1.165, 1.54) is 30.7 Å². The maximum absolute atomic E-state index is 14.1. The molecule has 286 valence electrons. The fourth-order valence-electron chi connectivity index (χ4n) is 6.65. The van der Waals surface area contributed by atoms with Crippen molar-refractivity contribution in [2.75, 3.05) is 31.2 Å². The Bertz CT molecular complexity index is 2460. The minimum atomic E-state index is -0.984. The summed E-state index contributed by atoms with van der Waals surface area (Å²) >= 11 is 6.47. The van der Waals surface area contributed by atoms with Crippen LogP contribution in [0, 0.1) is 25.5 Å². The fourth-order valence-corrected chi connectivity index (χ4v) is 6.89. The van der Waals surface area contributed by atoms with Gasteiger partial charge in [-0.2, -0.15) is 0 Å². The number of nitrogens with zero attached hydrogens (tertiary/aromatic N) is 5. The zero-order chi connectivity index (χ0) is 39.8. The van der Waals surface area contributed by atoms with Crippen LogP contribution in [0.15, 0.2) is 103 Å². The number of hydrogen-bond acceptors (Lipinski definition) is 8. The van der Waals surface area contributed by atoms with Crippen LogP contribution in [0.3, 0.4) is 0 Å². The van der Waals surface area contributed by atoms with E-state index in [9.17, 15) is 18.7 Å². The van der Waals surface area contributed by atoms with Gasteiger partial charge in [-0.3, -0.25) is 14.8 Å². The summed E-state index contributed by atoms with van der Waals surface area (Å²) in [6, 6.07) is 25.3. The Balaban J connectivity index is 0.000000197. The van der Waals surface area contributed by atoms with Crippen molar-refractivity contribution >= 4 is 45.4 Å². The van der Waals surface area contributed by atoms with Crippen LogP contribution in [0.25, 0.3) is 44.6 Å². The number of benzene rings is 3. The van der Waals surface area contributed by atoms with Crippen LogP contribution in [0.4, 0.5) is 14.5 Å². The molecule has 56 heavy (non-hydrogen) atoms. The van der Waals surface area contributed by atoms with Gasteiger partial charge in [-0.25, -0.2) is 18.7 Å². The molecule has 0 bridgehead atoms. The molecule has 1 saturated heterocycles. The molecule has 1 aliphatic rings. The summed E-state index contributed by atoms with van der Waals surface area (Å²) in [5, 5.41) is 13.5. The molecule has 1 aliphatic heterocycles. The number of carbonyl (C=O) groups is 1. The number of aldehydes is 1. The van der Waals surface area contributed by atoms with Gasteiger partial charge in [0, 0.05) is 64.7 Å². The maximum atomic E-state index is 14.1. The molecule has 4 aromatic heterocycles. The van der Waals surface area contributed by atoms with E-state index in [2.05, 4.69) is 38.7 Å². The molecule has 0 spiro atoms. The number of morpholine rings is 1. The lowest BCUT2D eigenvalue weighted by atomic mass is 9.91. The van der Waals surface area contributed by atoms with E-state index >= 15 is 0 Å². The van der Waals surface area contributed by atoms with Crippen LogP contribution < -0.4 is 4.90 Å². The molecule has 8 rings (SSSR count). The van der Waals surface area contributed by atoms with Gasteiger partial charge in [0.1, 0.15) is 17.7 Å². The number of aromatic nitrogens is 4. The Morgan fingerprint density at radius 3 is 1.89 bits per heavy atom. The summed E-state index contributed by atoms with van der Waals surface area (Å²) < 4.78 is 32.9. The summed E-state index contributed by atoms with van der Waals surface area (Å²) in [6.07, 6.45) is 4.40. The molecule has 7 aromatic rings. The van der Waals surface area contributed by atoms with Gasteiger partial charge in [-0.15, -0.1) is 0 Å². The Hall–Kier alpha value is -5.68. The van der Waals surface area contributed by atoms with Crippen molar-refractivity contribution in [1.82, 2.24) is 19.9 Å². The molecule has 1 unspecified atom stereocenters. The van der Waals surface area contributed by atoms with Gasteiger partial charge in [-0.05, 0) is 103 Å². The number of aliphatic hydroxyl groups is 1. The first-order valence-electron chi connectivity index (χ1n) is 18.4. The molecular formula is C45H42ClF2N5O3. The van der Waals surface area contributed by atoms with Crippen LogP contribution in [0.5, 0.6) is 0 Å². The van der Waals surface area contributed by atoms with Crippen molar-refractivity contribution in [3.63, 3.8) is 0 Å². The smallest absolute Gasteiger partial charge is 0.151 e. The van der Waals surface area contributed by atoms with E-state index in [-0.39, 0.29) is 11.6 Å². The number of anilines is 1. The lowest BCUT2D eigenvalue weighted by Gasteiger charge is -2.30. The average Bonchev–Trinajstić information content (AvgIpc) is 3.21. The minimum absolute atomic E-state index is 0.377. The first kappa shape index (κ1) is 40.0. The third-order valence-electron chi connectivity index (χ3n) is 9.29. The van der Waals surface area contributed by atoms with Gasteiger partial charge in [0.25, 0.3) is 0 Å². The van der Waals surface area contributed by atoms with Crippen molar-refractivity contribution in [2.24, 2.45) is 0 Å². The maximum Gasteiger partial charge on any atom is 0.151 e. The van der Waals surface area contributed by atoms with Crippen LogP contribution in [-0.2, 0) is 4.74 Å². The van der Waals surface area contributed by atoms with Gasteiger partial charge < -0.3 is 14.7 Å². The summed E-state index contributed by atoms with van der Waals surface area (Å²) in [7, 11) is 0. The predicted octanol–water partition coefficient (Wildman–Crippen LogP) is 10.3. The largest absolute Gasteiger partial charge is 0.384 e. The molecule has 8 nitrogen and oxygen atoms in total. The van der Waals surface area contributed by atoms with Gasteiger partial charge >= 0.3 is 0 Å². The van der Waals surface area contributed by atoms with Gasteiger partial charge in [0.15, 0.2) is 6.29 Å². The Labute approximate surface area is 329 Å². The molecule has 3 aromatic carbocycles. The highest BCUT2D eigenvalue weighted by atomic mass is 35.5. The van der Waals surface area contributed by atoms with Gasteiger partial charge in [0.05, 0.1) is 47.0 Å². The minimum Gasteiger partial charge on any atom is -0.384 e. The van der Waals surface area contributed by atoms with Crippen LogP contribution in [0.2, 0.25) is 5.02 Å². The van der Waals surface area contributed by atoms with E-state index in [1.807, 2.05) is 56.3 Å².